The molecule has 0 fully saturated rings. The zero-order valence-corrected chi connectivity index (χ0v) is 14.4. The van der Waals surface area contributed by atoms with E-state index in [0.29, 0.717) is 6.54 Å². The second kappa shape index (κ2) is 7.36. The molecule has 2 aromatic rings. The fraction of sp³-hybridized carbons (Fsp3) is 0.250. The summed E-state index contributed by atoms with van der Waals surface area (Å²) < 4.78 is 2.06. The number of nitrogens with one attached hydrogen (secondary N) is 1. The van der Waals surface area contributed by atoms with Crippen LogP contribution in [0.25, 0.3) is 0 Å². The third-order valence-corrected chi connectivity index (χ3v) is 4.44. The Labute approximate surface area is 136 Å². The predicted octanol–water partition coefficient (Wildman–Crippen LogP) is 4.60. The van der Waals surface area contributed by atoms with E-state index in [1.54, 1.807) is 0 Å². The highest BCUT2D eigenvalue weighted by atomic mass is 79.9. The number of halogens is 2. The van der Waals surface area contributed by atoms with Gasteiger partial charge in [0, 0.05) is 21.5 Å². The first kappa shape index (κ1) is 15.7. The van der Waals surface area contributed by atoms with Gasteiger partial charge in [-0.05, 0) is 36.2 Å². The van der Waals surface area contributed by atoms with Gasteiger partial charge in [-0.15, -0.1) is 0 Å². The van der Waals surface area contributed by atoms with Gasteiger partial charge in [-0.2, -0.15) is 0 Å². The summed E-state index contributed by atoms with van der Waals surface area (Å²) in [6, 6.07) is 16.0. The first-order valence-corrected chi connectivity index (χ1v) is 8.08. The molecule has 0 amide bonds. The van der Waals surface area contributed by atoms with Gasteiger partial charge in [0.2, 0.25) is 0 Å². The van der Waals surface area contributed by atoms with E-state index in [-0.39, 0.29) is 6.04 Å². The highest BCUT2D eigenvalue weighted by Gasteiger charge is 2.12. The molecule has 0 saturated heterocycles. The van der Waals surface area contributed by atoms with Crippen LogP contribution in [0.15, 0.2) is 57.5 Å². The Morgan fingerprint density at radius 1 is 1.10 bits per heavy atom. The summed E-state index contributed by atoms with van der Waals surface area (Å²) in [7, 11) is 0. The lowest BCUT2D eigenvalue weighted by Crippen LogP contribution is -2.24. The normalized spacial score (nSPS) is 14.0. The number of rotatable bonds is 5. The van der Waals surface area contributed by atoms with E-state index < -0.39 is 6.10 Å². The molecule has 2 rings (SSSR count). The standard InChI is InChI=1S/C16H17Br2NO/c1-11(14-7-2-3-8-15(14)18)19-10-16(20)12-5-4-6-13(17)9-12/h2-9,11,16,19-20H,10H2,1H3/t11-,16?/m1/s1. The quantitative estimate of drug-likeness (QED) is 0.771. The van der Waals surface area contributed by atoms with Crippen LogP contribution in [-0.2, 0) is 0 Å². The number of aliphatic hydroxyl groups excluding tert-OH is 1. The van der Waals surface area contributed by atoms with Crippen molar-refractivity contribution >= 4 is 31.9 Å². The van der Waals surface area contributed by atoms with E-state index in [1.165, 1.54) is 5.56 Å². The summed E-state index contributed by atoms with van der Waals surface area (Å²) in [5.74, 6) is 0. The molecule has 1 unspecified atom stereocenters. The minimum Gasteiger partial charge on any atom is -0.387 e. The highest BCUT2D eigenvalue weighted by Crippen LogP contribution is 2.23. The summed E-state index contributed by atoms with van der Waals surface area (Å²) >= 11 is 6.97. The van der Waals surface area contributed by atoms with Gasteiger partial charge in [-0.1, -0.05) is 62.2 Å². The Morgan fingerprint density at radius 2 is 1.85 bits per heavy atom. The maximum absolute atomic E-state index is 10.2. The van der Waals surface area contributed by atoms with Crippen molar-refractivity contribution < 1.29 is 5.11 Å². The Kier molecular flexibility index (Phi) is 5.78. The lowest BCUT2D eigenvalue weighted by atomic mass is 10.1. The number of hydrogen-bond donors (Lipinski definition) is 2. The van der Waals surface area contributed by atoms with Crippen LogP contribution in [0.5, 0.6) is 0 Å². The Hall–Kier alpha value is -0.680. The lowest BCUT2D eigenvalue weighted by molar-refractivity contribution is 0.170. The molecule has 2 N–H and O–H groups in total. The molecule has 0 heterocycles. The average molecular weight is 399 g/mol. The molecule has 4 heteroatoms. The largest absolute Gasteiger partial charge is 0.387 e. The first-order valence-electron chi connectivity index (χ1n) is 6.49. The summed E-state index contributed by atoms with van der Waals surface area (Å²) in [4.78, 5) is 0. The van der Waals surface area contributed by atoms with Crippen LogP contribution in [0, 0.1) is 0 Å². The molecule has 0 radical (unpaired) electrons. The van der Waals surface area contributed by atoms with Crippen LogP contribution >= 0.6 is 31.9 Å². The third-order valence-electron chi connectivity index (χ3n) is 3.22. The molecule has 2 nitrogen and oxygen atoms in total. The minimum atomic E-state index is -0.516. The third kappa shape index (κ3) is 4.16. The molecule has 0 aliphatic rings. The average Bonchev–Trinajstić information content (AvgIpc) is 2.45. The van der Waals surface area contributed by atoms with Crippen LogP contribution in [0.3, 0.4) is 0 Å². The first-order chi connectivity index (χ1) is 9.58. The number of benzene rings is 2. The second-order valence-corrected chi connectivity index (χ2v) is 6.49. The van der Waals surface area contributed by atoms with E-state index in [1.807, 2.05) is 42.5 Å². The Balaban J connectivity index is 1.97. The molecule has 2 aromatic carbocycles. The van der Waals surface area contributed by atoms with Crippen molar-refractivity contribution in [1.29, 1.82) is 0 Å². The second-order valence-electron chi connectivity index (χ2n) is 4.72. The van der Waals surface area contributed by atoms with Crippen molar-refractivity contribution in [2.24, 2.45) is 0 Å². The van der Waals surface area contributed by atoms with Crippen molar-refractivity contribution in [2.75, 3.05) is 6.54 Å². The van der Waals surface area contributed by atoms with Gasteiger partial charge < -0.3 is 10.4 Å². The van der Waals surface area contributed by atoms with Crippen LogP contribution < -0.4 is 5.32 Å². The van der Waals surface area contributed by atoms with Crippen LogP contribution in [0.2, 0.25) is 0 Å². The maximum atomic E-state index is 10.2. The highest BCUT2D eigenvalue weighted by molar-refractivity contribution is 9.10. The van der Waals surface area contributed by atoms with Gasteiger partial charge in [0.15, 0.2) is 0 Å². The van der Waals surface area contributed by atoms with E-state index in [0.717, 1.165) is 14.5 Å². The SMILES string of the molecule is C[C@@H](NCC(O)c1cccc(Br)c1)c1ccccc1Br. The van der Waals surface area contributed by atoms with E-state index in [9.17, 15) is 5.11 Å². The van der Waals surface area contributed by atoms with Crippen LogP contribution in [-0.4, -0.2) is 11.7 Å². The summed E-state index contributed by atoms with van der Waals surface area (Å²) in [6.45, 7) is 2.60. The van der Waals surface area contributed by atoms with Crippen LogP contribution in [0.1, 0.15) is 30.2 Å². The fourth-order valence-corrected chi connectivity index (χ4v) is 3.10. The summed E-state index contributed by atoms with van der Waals surface area (Å²) in [5.41, 5.74) is 2.10. The van der Waals surface area contributed by atoms with E-state index in [2.05, 4.69) is 50.2 Å². The molecule has 0 aromatic heterocycles. The van der Waals surface area contributed by atoms with Crippen molar-refractivity contribution in [2.45, 2.75) is 19.1 Å². The molecule has 0 bridgehead atoms. The molecule has 0 spiro atoms. The predicted molar refractivity (Wildman–Crippen MR) is 89.7 cm³/mol. The summed E-state index contributed by atoms with van der Waals surface area (Å²) in [6.07, 6.45) is -0.516. The Morgan fingerprint density at radius 3 is 2.55 bits per heavy atom. The summed E-state index contributed by atoms with van der Waals surface area (Å²) in [5, 5.41) is 13.6. The molecule has 2 atom stereocenters. The lowest BCUT2D eigenvalue weighted by Gasteiger charge is -2.19. The zero-order valence-electron chi connectivity index (χ0n) is 11.2. The number of hydrogen-bond acceptors (Lipinski definition) is 2. The van der Waals surface area contributed by atoms with Crippen molar-refractivity contribution in [3.8, 4) is 0 Å². The van der Waals surface area contributed by atoms with Crippen LogP contribution in [0.4, 0.5) is 0 Å². The van der Waals surface area contributed by atoms with Gasteiger partial charge in [0.1, 0.15) is 0 Å². The van der Waals surface area contributed by atoms with Crippen molar-refractivity contribution in [3.05, 3.63) is 68.6 Å². The maximum Gasteiger partial charge on any atom is 0.0914 e. The molecule has 106 valence electrons. The smallest absolute Gasteiger partial charge is 0.0914 e. The monoisotopic (exact) mass is 397 g/mol. The van der Waals surface area contributed by atoms with E-state index in [4.69, 9.17) is 0 Å². The van der Waals surface area contributed by atoms with Gasteiger partial charge in [-0.3, -0.25) is 0 Å². The van der Waals surface area contributed by atoms with Gasteiger partial charge >= 0.3 is 0 Å². The molecule has 0 saturated carbocycles. The van der Waals surface area contributed by atoms with E-state index >= 15 is 0 Å². The minimum absolute atomic E-state index is 0.173. The topological polar surface area (TPSA) is 32.3 Å². The fourth-order valence-electron chi connectivity index (χ4n) is 2.06. The van der Waals surface area contributed by atoms with Crippen molar-refractivity contribution in [3.63, 3.8) is 0 Å². The number of aliphatic hydroxyl groups is 1. The van der Waals surface area contributed by atoms with Gasteiger partial charge in [0.05, 0.1) is 6.10 Å². The Bertz CT molecular complexity index is 574. The molecular formula is C16H17Br2NO. The van der Waals surface area contributed by atoms with Gasteiger partial charge in [-0.25, -0.2) is 0 Å². The molecular weight excluding hydrogens is 382 g/mol. The van der Waals surface area contributed by atoms with Gasteiger partial charge in [0.25, 0.3) is 0 Å². The van der Waals surface area contributed by atoms with Crippen molar-refractivity contribution in [1.82, 2.24) is 5.32 Å². The molecule has 0 aliphatic heterocycles. The molecule has 20 heavy (non-hydrogen) atoms. The molecule has 0 aliphatic carbocycles. The zero-order chi connectivity index (χ0) is 14.5.